The molecule has 0 unspecified atom stereocenters. The van der Waals surface area contributed by atoms with Gasteiger partial charge >= 0.3 is 5.97 Å². The first-order valence-electron chi connectivity index (χ1n) is 7.39. The molecular weight excluding hydrogens is 326 g/mol. The van der Waals surface area contributed by atoms with E-state index in [2.05, 4.69) is 4.72 Å². The minimum atomic E-state index is -3.86. The fourth-order valence-corrected chi connectivity index (χ4v) is 4.15. The summed E-state index contributed by atoms with van der Waals surface area (Å²) < 4.78 is 26.9. The van der Waals surface area contributed by atoms with Gasteiger partial charge in [-0.05, 0) is 36.6 Å². The monoisotopic (exact) mass is 345 g/mol. The maximum Gasteiger partial charge on any atom is 0.321 e. The number of halogens is 1. The SMILES string of the molecule is O=C(O)[C@H](CC1CCCCC1)NS(=O)(=O)c1ccc(Cl)cc1. The van der Waals surface area contributed by atoms with Crippen LogP contribution in [0.1, 0.15) is 38.5 Å². The van der Waals surface area contributed by atoms with Crippen LogP contribution in [0.15, 0.2) is 29.2 Å². The minimum absolute atomic E-state index is 0.0202. The molecule has 1 aliphatic rings. The summed E-state index contributed by atoms with van der Waals surface area (Å²) in [7, 11) is -3.86. The molecule has 1 saturated carbocycles. The molecule has 0 aromatic heterocycles. The van der Waals surface area contributed by atoms with Crippen molar-refractivity contribution >= 4 is 27.6 Å². The number of hydrogen-bond donors (Lipinski definition) is 2. The number of carboxylic acids is 1. The maximum atomic E-state index is 12.3. The zero-order valence-corrected chi connectivity index (χ0v) is 13.7. The van der Waals surface area contributed by atoms with E-state index in [1.54, 1.807) is 0 Å². The van der Waals surface area contributed by atoms with Crippen LogP contribution in [0, 0.1) is 5.92 Å². The molecule has 1 atom stereocenters. The van der Waals surface area contributed by atoms with Crippen molar-refractivity contribution in [2.24, 2.45) is 5.92 Å². The number of carboxylic acid groups (broad SMARTS) is 1. The predicted octanol–water partition coefficient (Wildman–Crippen LogP) is 3.04. The van der Waals surface area contributed by atoms with Gasteiger partial charge in [0.15, 0.2) is 0 Å². The molecule has 0 aliphatic heterocycles. The van der Waals surface area contributed by atoms with E-state index in [0.717, 1.165) is 25.7 Å². The molecule has 2 N–H and O–H groups in total. The van der Waals surface area contributed by atoms with Crippen molar-refractivity contribution in [1.29, 1.82) is 0 Å². The molecule has 2 rings (SSSR count). The average molecular weight is 346 g/mol. The summed E-state index contributed by atoms with van der Waals surface area (Å²) in [6.45, 7) is 0. The van der Waals surface area contributed by atoms with Crippen molar-refractivity contribution in [2.75, 3.05) is 0 Å². The van der Waals surface area contributed by atoms with Gasteiger partial charge in [0.2, 0.25) is 10.0 Å². The summed E-state index contributed by atoms with van der Waals surface area (Å²) in [6.07, 6.45) is 5.60. The Bertz CT molecular complexity index is 609. The molecule has 0 heterocycles. The minimum Gasteiger partial charge on any atom is -0.480 e. The molecule has 0 spiro atoms. The third-order valence-corrected chi connectivity index (χ3v) is 5.75. The van der Waals surface area contributed by atoms with E-state index < -0.39 is 22.0 Å². The summed E-state index contributed by atoms with van der Waals surface area (Å²) in [5.41, 5.74) is 0. The van der Waals surface area contributed by atoms with Crippen LogP contribution >= 0.6 is 11.6 Å². The molecule has 0 amide bonds. The van der Waals surface area contributed by atoms with Gasteiger partial charge < -0.3 is 5.11 Å². The van der Waals surface area contributed by atoms with Gasteiger partial charge in [0.25, 0.3) is 0 Å². The first-order chi connectivity index (χ1) is 10.4. The smallest absolute Gasteiger partial charge is 0.321 e. The molecule has 22 heavy (non-hydrogen) atoms. The van der Waals surface area contributed by atoms with Crippen molar-refractivity contribution in [1.82, 2.24) is 4.72 Å². The van der Waals surface area contributed by atoms with E-state index in [9.17, 15) is 18.3 Å². The molecule has 1 fully saturated rings. The zero-order valence-electron chi connectivity index (χ0n) is 12.2. The largest absolute Gasteiger partial charge is 0.480 e. The standard InChI is InChI=1S/C15H20ClNO4S/c16-12-6-8-13(9-7-12)22(20,21)17-14(15(18)19)10-11-4-2-1-3-5-11/h6-9,11,14,17H,1-5,10H2,(H,18,19)/t14-/m0/s1. The van der Waals surface area contributed by atoms with Crippen molar-refractivity contribution < 1.29 is 18.3 Å². The Labute approximate surface area is 135 Å². The second kappa shape index (κ2) is 7.44. The summed E-state index contributed by atoms with van der Waals surface area (Å²) >= 11 is 5.74. The highest BCUT2D eigenvalue weighted by Gasteiger charge is 2.28. The topological polar surface area (TPSA) is 83.5 Å². The van der Waals surface area contributed by atoms with Gasteiger partial charge in [-0.3, -0.25) is 4.79 Å². The van der Waals surface area contributed by atoms with E-state index in [-0.39, 0.29) is 10.8 Å². The van der Waals surface area contributed by atoms with Gasteiger partial charge in [0, 0.05) is 5.02 Å². The Morgan fingerprint density at radius 2 is 1.82 bits per heavy atom. The van der Waals surface area contributed by atoms with Gasteiger partial charge in [-0.1, -0.05) is 43.7 Å². The lowest BCUT2D eigenvalue weighted by molar-refractivity contribution is -0.139. The Hall–Kier alpha value is -1.11. The lowest BCUT2D eigenvalue weighted by Crippen LogP contribution is -2.42. The van der Waals surface area contributed by atoms with Gasteiger partial charge in [-0.2, -0.15) is 4.72 Å². The number of benzene rings is 1. The number of rotatable bonds is 6. The lowest BCUT2D eigenvalue weighted by atomic mass is 9.85. The average Bonchev–Trinajstić information content (AvgIpc) is 2.48. The van der Waals surface area contributed by atoms with Crippen LogP contribution in [0.3, 0.4) is 0 Å². The summed E-state index contributed by atoms with van der Waals surface area (Å²) in [4.78, 5) is 11.4. The molecule has 0 saturated heterocycles. The molecule has 0 radical (unpaired) electrons. The van der Waals surface area contributed by atoms with Crippen molar-refractivity contribution in [3.63, 3.8) is 0 Å². The van der Waals surface area contributed by atoms with E-state index in [4.69, 9.17) is 11.6 Å². The molecule has 122 valence electrons. The van der Waals surface area contributed by atoms with E-state index in [1.807, 2.05) is 0 Å². The first kappa shape index (κ1) is 17.2. The van der Waals surface area contributed by atoms with Crippen LogP contribution in [-0.2, 0) is 14.8 Å². The maximum absolute atomic E-state index is 12.3. The Balaban J connectivity index is 2.09. The van der Waals surface area contributed by atoms with E-state index in [1.165, 1.54) is 30.7 Å². The normalized spacial score (nSPS) is 18.0. The molecule has 0 bridgehead atoms. The van der Waals surface area contributed by atoms with Crippen LogP contribution < -0.4 is 4.72 Å². The third kappa shape index (κ3) is 4.69. The highest BCUT2D eigenvalue weighted by molar-refractivity contribution is 7.89. The molecule has 5 nitrogen and oxygen atoms in total. The summed E-state index contributed by atoms with van der Waals surface area (Å²) in [5.74, 6) is -0.870. The van der Waals surface area contributed by atoms with Gasteiger partial charge in [0.1, 0.15) is 6.04 Å². The Morgan fingerprint density at radius 1 is 1.23 bits per heavy atom. The summed E-state index contributed by atoms with van der Waals surface area (Å²) in [6, 6.07) is 4.57. The quantitative estimate of drug-likeness (QED) is 0.830. The van der Waals surface area contributed by atoms with E-state index in [0.29, 0.717) is 11.4 Å². The highest BCUT2D eigenvalue weighted by Crippen LogP contribution is 2.28. The fourth-order valence-electron chi connectivity index (χ4n) is 2.82. The Morgan fingerprint density at radius 3 is 2.36 bits per heavy atom. The second-order valence-electron chi connectivity index (χ2n) is 5.71. The lowest BCUT2D eigenvalue weighted by Gasteiger charge is -2.25. The number of hydrogen-bond acceptors (Lipinski definition) is 3. The number of nitrogens with one attached hydrogen (secondary N) is 1. The molecule has 1 aromatic rings. The van der Waals surface area contributed by atoms with Crippen LogP contribution in [0.5, 0.6) is 0 Å². The predicted molar refractivity (Wildman–Crippen MR) is 84.4 cm³/mol. The van der Waals surface area contributed by atoms with Crippen LogP contribution in [-0.4, -0.2) is 25.5 Å². The summed E-state index contributed by atoms with van der Waals surface area (Å²) in [5, 5.41) is 9.74. The van der Waals surface area contributed by atoms with Crippen LogP contribution in [0.25, 0.3) is 0 Å². The highest BCUT2D eigenvalue weighted by atomic mass is 35.5. The zero-order chi connectivity index (χ0) is 16.2. The fraction of sp³-hybridized carbons (Fsp3) is 0.533. The number of carbonyl (C=O) groups is 1. The van der Waals surface area contributed by atoms with Crippen LogP contribution in [0.4, 0.5) is 0 Å². The van der Waals surface area contributed by atoms with E-state index >= 15 is 0 Å². The van der Waals surface area contributed by atoms with Crippen LogP contribution in [0.2, 0.25) is 5.02 Å². The molecule has 7 heteroatoms. The van der Waals surface area contributed by atoms with Crippen molar-refractivity contribution in [3.8, 4) is 0 Å². The second-order valence-corrected chi connectivity index (χ2v) is 7.86. The van der Waals surface area contributed by atoms with Crippen molar-refractivity contribution in [3.05, 3.63) is 29.3 Å². The van der Waals surface area contributed by atoms with Gasteiger partial charge in [0.05, 0.1) is 4.90 Å². The third-order valence-electron chi connectivity index (χ3n) is 4.01. The molecule has 1 aliphatic carbocycles. The first-order valence-corrected chi connectivity index (χ1v) is 9.25. The molecule has 1 aromatic carbocycles. The van der Waals surface area contributed by atoms with Gasteiger partial charge in [-0.25, -0.2) is 8.42 Å². The van der Waals surface area contributed by atoms with Gasteiger partial charge in [-0.15, -0.1) is 0 Å². The number of aliphatic carboxylic acids is 1. The Kier molecular flexibility index (Phi) is 5.83. The molecular formula is C15H20ClNO4S. The van der Waals surface area contributed by atoms with Crippen molar-refractivity contribution in [2.45, 2.75) is 49.5 Å². The number of sulfonamides is 1.